The van der Waals surface area contributed by atoms with Crippen molar-refractivity contribution < 1.29 is 19.0 Å². The van der Waals surface area contributed by atoms with E-state index in [2.05, 4.69) is 26.0 Å². The fourth-order valence-corrected chi connectivity index (χ4v) is 3.52. The summed E-state index contributed by atoms with van der Waals surface area (Å²) in [6, 6.07) is 14.3. The van der Waals surface area contributed by atoms with Gasteiger partial charge in [0.15, 0.2) is 0 Å². The van der Waals surface area contributed by atoms with Crippen molar-refractivity contribution in [2.75, 3.05) is 20.3 Å². The number of methoxy groups -OCH3 is 1. The third-order valence-electron chi connectivity index (χ3n) is 4.76. The van der Waals surface area contributed by atoms with Crippen LogP contribution < -0.4 is 10.5 Å². The summed E-state index contributed by atoms with van der Waals surface area (Å²) in [7, 11) is 1.65. The van der Waals surface area contributed by atoms with Crippen LogP contribution in [0.1, 0.15) is 31.1 Å². The first-order valence-electron chi connectivity index (χ1n) is 8.72. The minimum atomic E-state index is -0.732. The van der Waals surface area contributed by atoms with Crippen molar-refractivity contribution in [2.24, 2.45) is 11.1 Å². The van der Waals surface area contributed by atoms with Gasteiger partial charge in [0, 0.05) is 12.5 Å². The molecule has 0 heterocycles. The average Bonchev–Trinajstić information content (AvgIpc) is 2.84. The molecule has 2 N–H and O–H groups in total. The monoisotopic (exact) mass is 355 g/mol. The zero-order chi connectivity index (χ0) is 18.7. The second-order valence-corrected chi connectivity index (χ2v) is 7.26. The second kappa shape index (κ2) is 7.38. The highest BCUT2D eigenvalue weighted by atomic mass is 16.6. The Bertz CT molecular complexity index is 783. The van der Waals surface area contributed by atoms with Gasteiger partial charge in [0.1, 0.15) is 18.5 Å². The van der Waals surface area contributed by atoms with Crippen LogP contribution in [0.25, 0.3) is 11.1 Å². The predicted octanol–water partition coefficient (Wildman–Crippen LogP) is 4.10. The van der Waals surface area contributed by atoms with Gasteiger partial charge in [-0.15, -0.1) is 0 Å². The molecule has 0 fully saturated rings. The lowest BCUT2D eigenvalue weighted by atomic mass is 9.87. The van der Waals surface area contributed by atoms with Gasteiger partial charge in [-0.25, -0.2) is 4.79 Å². The summed E-state index contributed by atoms with van der Waals surface area (Å²) in [5.41, 5.74) is 9.55. The van der Waals surface area contributed by atoms with Crippen LogP contribution in [-0.2, 0) is 15.9 Å². The van der Waals surface area contributed by atoms with Gasteiger partial charge in [0.2, 0.25) is 0 Å². The molecule has 0 radical (unpaired) electrons. The Labute approximate surface area is 154 Å². The van der Waals surface area contributed by atoms with E-state index >= 15 is 0 Å². The molecule has 5 heteroatoms. The van der Waals surface area contributed by atoms with E-state index in [0.717, 1.165) is 28.9 Å². The molecule has 5 nitrogen and oxygen atoms in total. The summed E-state index contributed by atoms with van der Waals surface area (Å²) in [5.74, 6) is 0.822. The largest absolute Gasteiger partial charge is 0.491 e. The summed E-state index contributed by atoms with van der Waals surface area (Å²) < 4.78 is 16.0. The summed E-state index contributed by atoms with van der Waals surface area (Å²) >= 11 is 0. The zero-order valence-corrected chi connectivity index (χ0v) is 15.5. The molecule has 138 valence electrons. The van der Waals surface area contributed by atoms with Gasteiger partial charge in [0.25, 0.3) is 0 Å². The minimum Gasteiger partial charge on any atom is -0.491 e. The number of hydrogen-bond acceptors (Lipinski definition) is 4. The van der Waals surface area contributed by atoms with Crippen LogP contribution >= 0.6 is 0 Å². The Morgan fingerprint density at radius 1 is 1.12 bits per heavy atom. The summed E-state index contributed by atoms with van der Waals surface area (Å²) in [5, 5.41) is 0. The Morgan fingerprint density at radius 3 is 2.46 bits per heavy atom. The molecule has 2 aromatic carbocycles. The number of carbonyl (C=O) groups is 1. The maximum atomic E-state index is 11.2. The highest BCUT2D eigenvalue weighted by Gasteiger charge is 2.41. The molecule has 0 aliphatic heterocycles. The van der Waals surface area contributed by atoms with E-state index in [-0.39, 0.29) is 11.5 Å². The van der Waals surface area contributed by atoms with E-state index in [1.165, 1.54) is 5.56 Å². The molecule has 0 saturated carbocycles. The molecule has 3 rings (SSSR count). The van der Waals surface area contributed by atoms with Gasteiger partial charge >= 0.3 is 6.09 Å². The highest BCUT2D eigenvalue weighted by molar-refractivity contribution is 5.68. The van der Waals surface area contributed by atoms with Crippen molar-refractivity contribution in [2.45, 2.75) is 26.4 Å². The van der Waals surface area contributed by atoms with E-state index < -0.39 is 6.09 Å². The molecular weight excluding hydrogens is 330 g/mol. The number of rotatable bonds is 6. The standard InChI is InChI=1S/C21H25NO4/c1-21(2)13-16-12-15(6-9-18(16)19(21)26-20(22)23)14-4-7-17(8-5-14)25-11-10-24-3/h4-9,12,19H,10-11,13H2,1-3H3,(H2,22,23). The first kappa shape index (κ1) is 18.3. The third-order valence-corrected chi connectivity index (χ3v) is 4.76. The Hall–Kier alpha value is -2.53. The maximum absolute atomic E-state index is 11.2. The predicted molar refractivity (Wildman–Crippen MR) is 100 cm³/mol. The number of nitrogens with two attached hydrogens (primary N) is 1. The Morgan fingerprint density at radius 2 is 1.81 bits per heavy atom. The Balaban J connectivity index is 1.80. The average molecular weight is 355 g/mol. The first-order chi connectivity index (χ1) is 12.4. The number of benzene rings is 2. The molecule has 0 aromatic heterocycles. The van der Waals surface area contributed by atoms with Gasteiger partial charge in [0.05, 0.1) is 6.61 Å². The van der Waals surface area contributed by atoms with Gasteiger partial charge in [-0.3, -0.25) is 0 Å². The van der Waals surface area contributed by atoms with Gasteiger partial charge in [-0.1, -0.05) is 44.2 Å². The number of fused-ring (bicyclic) bond motifs is 1. The summed E-state index contributed by atoms with van der Waals surface area (Å²) in [4.78, 5) is 11.2. The molecule has 2 aromatic rings. The number of carbonyl (C=O) groups excluding carboxylic acids is 1. The highest BCUT2D eigenvalue weighted by Crippen LogP contribution is 2.48. The summed E-state index contributed by atoms with van der Waals surface area (Å²) in [6.07, 6.45) is -0.198. The van der Waals surface area contributed by atoms with Crippen molar-refractivity contribution in [1.29, 1.82) is 0 Å². The molecule has 1 atom stereocenters. The van der Waals surface area contributed by atoms with Crippen LogP contribution in [0.3, 0.4) is 0 Å². The van der Waals surface area contributed by atoms with E-state index in [0.29, 0.717) is 13.2 Å². The van der Waals surface area contributed by atoms with Crippen molar-refractivity contribution >= 4 is 6.09 Å². The molecule has 0 saturated heterocycles. The summed E-state index contributed by atoms with van der Waals surface area (Å²) in [6.45, 7) is 5.28. The number of hydrogen-bond donors (Lipinski definition) is 1. The van der Waals surface area contributed by atoms with Crippen LogP contribution in [0.15, 0.2) is 42.5 Å². The fraction of sp³-hybridized carbons (Fsp3) is 0.381. The lowest BCUT2D eigenvalue weighted by molar-refractivity contribution is 0.0392. The molecule has 1 aliphatic rings. The lowest BCUT2D eigenvalue weighted by Gasteiger charge is -2.26. The second-order valence-electron chi connectivity index (χ2n) is 7.26. The van der Waals surface area contributed by atoms with Crippen LogP contribution in [0.4, 0.5) is 4.79 Å². The van der Waals surface area contributed by atoms with Gasteiger partial charge in [-0.05, 0) is 40.8 Å². The van der Waals surface area contributed by atoms with Crippen molar-refractivity contribution in [1.82, 2.24) is 0 Å². The molecule has 1 aliphatic carbocycles. The lowest BCUT2D eigenvalue weighted by Crippen LogP contribution is -2.25. The van der Waals surface area contributed by atoms with Crippen LogP contribution in [0.5, 0.6) is 5.75 Å². The van der Waals surface area contributed by atoms with Crippen molar-refractivity contribution in [3.8, 4) is 16.9 Å². The minimum absolute atomic E-state index is 0.172. The maximum Gasteiger partial charge on any atom is 0.405 e. The van der Waals surface area contributed by atoms with Gasteiger partial charge in [-0.2, -0.15) is 0 Å². The number of primary amides is 1. The Kier molecular flexibility index (Phi) is 5.18. The molecule has 0 spiro atoms. The molecule has 0 bridgehead atoms. The smallest absolute Gasteiger partial charge is 0.405 e. The SMILES string of the molecule is COCCOc1ccc(-c2ccc3c(c2)CC(C)(C)C3OC(N)=O)cc1. The van der Waals surface area contributed by atoms with Gasteiger partial charge < -0.3 is 19.9 Å². The van der Waals surface area contributed by atoms with E-state index in [9.17, 15) is 4.79 Å². The van der Waals surface area contributed by atoms with E-state index in [1.807, 2.05) is 30.3 Å². The third kappa shape index (κ3) is 3.83. The normalized spacial score (nSPS) is 17.6. The first-order valence-corrected chi connectivity index (χ1v) is 8.72. The van der Waals surface area contributed by atoms with Crippen molar-refractivity contribution in [3.05, 3.63) is 53.6 Å². The van der Waals surface area contributed by atoms with E-state index in [4.69, 9.17) is 19.9 Å². The topological polar surface area (TPSA) is 70.8 Å². The number of amides is 1. The fourth-order valence-electron chi connectivity index (χ4n) is 3.52. The molecular formula is C21H25NO4. The van der Waals surface area contributed by atoms with Crippen LogP contribution in [-0.4, -0.2) is 26.4 Å². The van der Waals surface area contributed by atoms with Crippen LogP contribution in [0, 0.1) is 5.41 Å². The quantitative estimate of drug-likeness (QED) is 0.792. The molecule has 26 heavy (non-hydrogen) atoms. The number of ether oxygens (including phenoxy) is 3. The zero-order valence-electron chi connectivity index (χ0n) is 15.5. The molecule has 1 unspecified atom stereocenters. The molecule has 1 amide bonds. The van der Waals surface area contributed by atoms with Crippen LogP contribution in [0.2, 0.25) is 0 Å². The van der Waals surface area contributed by atoms with E-state index in [1.54, 1.807) is 7.11 Å². The van der Waals surface area contributed by atoms with Crippen molar-refractivity contribution in [3.63, 3.8) is 0 Å².